The van der Waals surface area contributed by atoms with Crippen LogP contribution in [0, 0.1) is 5.82 Å². The molecule has 8 heteroatoms. The summed E-state index contributed by atoms with van der Waals surface area (Å²) in [6, 6.07) is 6.82. The summed E-state index contributed by atoms with van der Waals surface area (Å²) in [5, 5.41) is 9.17. The van der Waals surface area contributed by atoms with Crippen LogP contribution in [0.2, 0.25) is 0 Å². The lowest BCUT2D eigenvalue weighted by Gasteiger charge is -2.20. The highest BCUT2D eigenvalue weighted by Gasteiger charge is 2.13. The molecule has 0 spiro atoms. The Balaban J connectivity index is 0.00000625. The van der Waals surface area contributed by atoms with Crippen LogP contribution < -0.4 is 16.0 Å². The fourth-order valence-corrected chi connectivity index (χ4v) is 2.83. The minimum absolute atomic E-state index is 0. The number of carbonyl (C=O) groups is 1. The highest BCUT2D eigenvalue weighted by atomic mass is 127. The Morgan fingerprint density at radius 1 is 1.23 bits per heavy atom. The second kappa shape index (κ2) is 13.2. The van der Waals surface area contributed by atoms with Crippen LogP contribution in [0.1, 0.15) is 33.3 Å². The molecule has 0 heterocycles. The van der Waals surface area contributed by atoms with Crippen LogP contribution in [0.15, 0.2) is 29.3 Å². The molecule has 0 aliphatic heterocycles. The first-order valence-electron chi connectivity index (χ1n) is 8.46. The number of aliphatic imine (C=N–C) groups is 1. The number of nitrogens with zero attached hydrogens (tertiary/aromatic N) is 1. The van der Waals surface area contributed by atoms with E-state index in [1.165, 1.54) is 6.07 Å². The van der Waals surface area contributed by atoms with E-state index in [0.29, 0.717) is 23.8 Å². The zero-order valence-electron chi connectivity index (χ0n) is 15.9. The molecule has 0 bridgehead atoms. The predicted molar refractivity (Wildman–Crippen MR) is 120 cm³/mol. The van der Waals surface area contributed by atoms with Crippen LogP contribution in [-0.2, 0) is 10.5 Å². The molecule has 0 unspecified atom stereocenters. The molecule has 0 aromatic heterocycles. The molecule has 0 radical (unpaired) electrons. The van der Waals surface area contributed by atoms with Crippen molar-refractivity contribution in [3.8, 4) is 0 Å². The van der Waals surface area contributed by atoms with Gasteiger partial charge in [0, 0.05) is 30.1 Å². The van der Waals surface area contributed by atoms with E-state index < -0.39 is 0 Å². The minimum Gasteiger partial charge on any atom is -0.357 e. The van der Waals surface area contributed by atoms with Gasteiger partial charge in [0.2, 0.25) is 5.91 Å². The Hall–Kier alpha value is -1.03. The highest BCUT2D eigenvalue weighted by molar-refractivity contribution is 14.0. The second-order valence-corrected chi connectivity index (χ2v) is 7.67. The van der Waals surface area contributed by atoms with Gasteiger partial charge in [-0.25, -0.2) is 9.38 Å². The smallest absolute Gasteiger partial charge is 0.242 e. The Morgan fingerprint density at radius 3 is 2.54 bits per heavy atom. The summed E-state index contributed by atoms with van der Waals surface area (Å²) in [6.07, 6.45) is 0. The van der Waals surface area contributed by atoms with Crippen LogP contribution in [0.25, 0.3) is 0 Å². The number of carbonyl (C=O) groups excluding carboxylic acids is 1. The third-order valence-corrected chi connectivity index (χ3v) is 4.00. The molecule has 0 fully saturated rings. The molecule has 5 nitrogen and oxygen atoms in total. The molecule has 0 aliphatic rings. The van der Waals surface area contributed by atoms with Crippen molar-refractivity contribution in [3.63, 3.8) is 0 Å². The normalized spacial score (nSPS) is 11.5. The molecule has 1 aromatic rings. The van der Waals surface area contributed by atoms with Gasteiger partial charge >= 0.3 is 0 Å². The summed E-state index contributed by atoms with van der Waals surface area (Å²) < 4.78 is 13.5. The van der Waals surface area contributed by atoms with E-state index >= 15 is 0 Å². The van der Waals surface area contributed by atoms with E-state index in [9.17, 15) is 9.18 Å². The van der Waals surface area contributed by atoms with Gasteiger partial charge in [-0.15, -0.1) is 24.0 Å². The highest BCUT2D eigenvalue weighted by Crippen LogP contribution is 2.14. The Morgan fingerprint density at radius 2 is 1.92 bits per heavy atom. The van der Waals surface area contributed by atoms with Gasteiger partial charge < -0.3 is 16.0 Å². The first-order chi connectivity index (χ1) is 11.8. The van der Waals surface area contributed by atoms with Gasteiger partial charge in [-0.1, -0.05) is 18.2 Å². The number of halogens is 2. The van der Waals surface area contributed by atoms with Crippen LogP contribution in [0.4, 0.5) is 4.39 Å². The molecule has 26 heavy (non-hydrogen) atoms. The molecule has 0 saturated carbocycles. The van der Waals surface area contributed by atoms with E-state index in [1.54, 1.807) is 23.9 Å². The van der Waals surface area contributed by atoms with Gasteiger partial charge in [0.25, 0.3) is 0 Å². The van der Waals surface area contributed by atoms with Crippen molar-refractivity contribution < 1.29 is 9.18 Å². The fourth-order valence-electron chi connectivity index (χ4n) is 1.99. The van der Waals surface area contributed by atoms with E-state index in [0.717, 1.165) is 12.3 Å². The van der Waals surface area contributed by atoms with E-state index in [-0.39, 0.29) is 47.8 Å². The van der Waals surface area contributed by atoms with Crippen LogP contribution in [0.3, 0.4) is 0 Å². The van der Waals surface area contributed by atoms with Gasteiger partial charge in [0.15, 0.2) is 5.96 Å². The molecule has 0 atom stereocenters. The molecule has 148 valence electrons. The maximum atomic E-state index is 13.5. The van der Waals surface area contributed by atoms with Crippen molar-refractivity contribution >= 4 is 47.6 Å². The van der Waals surface area contributed by atoms with Gasteiger partial charge in [-0.2, -0.15) is 11.8 Å². The average Bonchev–Trinajstić information content (AvgIpc) is 2.52. The lowest BCUT2D eigenvalue weighted by atomic mass is 10.1. The third kappa shape index (κ3) is 11.6. The summed E-state index contributed by atoms with van der Waals surface area (Å²) in [5.41, 5.74) is 0.453. The molecule has 0 saturated heterocycles. The zero-order valence-corrected chi connectivity index (χ0v) is 19.0. The average molecular weight is 496 g/mol. The van der Waals surface area contributed by atoms with Crippen molar-refractivity contribution in [1.29, 1.82) is 0 Å². The van der Waals surface area contributed by atoms with Crippen molar-refractivity contribution in [2.75, 3.05) is 25.4 Å². The number of nitrogens with one attached hydrogen (secondary N) is 3. The Labute approximate surface area is 177 Å². The molecule has 1 rings (SSSR count). The van der Waals surface area contributed by atoms with Crippen LogP contribution >= 0.6 is 35.7 Å². The Kier molecular flexibility index (Phi) is 12.7. The largest absolute Gasteiger partial charge is 0.357 e. The number of thioether (sulfide) groups is 1. The number of rotatable bonds is 8. The lowest BCUT2D eigenvalue weighted by molar-refractivity contribution is -0.121. The summed E-state index contributed by atoms with van der Waals surface area (Å²) in [7, 11) is 0. The topological polar surface area (TPSA) is 65.5 Å². The molecular formula is C18H30FIN4OS. The monoisotopic (exact) mass is 496 g/mol. The van der Waals surface area contributed by atoms with Crippen molar-refractivity contribution in [1.82, 2.24) is 16.0 Å². The fraction of sp³-hybridized carbons (Fsp3) is 0.556. The predicted octanol–water partition coefficient (Wildman–Crippen LogP) is 3.15. The standard InChI is InChI=1S/C18H29FN4OS.HI/c1-5-20-17(22-12-16(24)23-18(2,3)4)21-10-11-25-13-14-8-6-7-9-15(14)19;/h6-9H,5,10-13H2,1-4H3,(H,23,24)(H2,20,21,22);1H. The summed E-state index contributed by atoms with van der Waals surface area (Å²) >= 11 is 1.65. The first kappa shape index (κ1) is 25.0. The summed E-state index contributed by atoms with van der Waals surface area (Å²) in [5.74, 6) is 1.78. The second-order valence-electron chi connectivity index (χ2n) is 6.56. The van der Waals surface area contributed by atoms with Gasteiger partial charge in [0.1, 0.15) is 12.4 Å². The summed E-state index contributed by atoms with van der Waals surface area (Å²) in [4.78, 5) is 16.1. The van der Waals surface area contributed by atoms with Gasteiger partial charge in [-0.05, 0) is 39.3 Å². The zero-order chi connectivity index (χ0) is 18.7. The van der Waals surface area contributed by atoms with Crippen molar-refractivity contribution in [3.05, 3.63) is 35.6 Å². The van der Waals surface area contributed by atoms with Gasteiger partial charge in [-0.3, -0.25) is 4.79 Å². The number of benzene rings is 1. The molecular weight excluding hydrogens is 466 g/mol. The number of hydrogen-bond acceptors (Lipinski definition) is 3. The van der Waals surface area contributed by atoms with E-state index in [1.807, 2.05) is 33.8 Å². The van der Waals surface area contributed by atoms with E-state index in [2.05, 4.69) is 20.9 Å². The Bertz CT molecular complexity index is 579. The quantitative estimate of drug-likeness (QED) is 0.224. The number of guanidine groups is 1. The number of amides is 1. The van der Waals surface area contributed by atoms with Crippen molar-refractivity contribution in [2.24, 2.45) is 4.99 Å². The third-order valence-electron chi connectivity index (χ3n) is 2.99. The SMILES string of the molecule is CCNC(=NCC(=O)NC(C)(C)C)NCCSCc1ccccc1F.I. The van der Waals surface area contributed by atoms with Gasteiger partial charge in [0.05, 0.1) is 0 Å². The maximum absolute atomic E-state index is 13.5. The molecule has 0 aliphatic carbocycles. The lowest BCUT2D eigenvalue weighted by Crippen LogP contribution is -2.43. The first-order valence-corrected chi connectivity index (χ1v) is 9.61. The van der Waals surface area contributed by atoms with Crippen LogP contribution in [0.5, 0.6) is 0 Å². The number of hydrogen-bond donors (Lipinski definition) is 3. The van der Waals surface area contributed by atoms with Crippen LogP contribution in [-0.4, -0.2) is 42.8 Å². The summed E-state index contributed by atoms with van der Waals surface area (Å²) in [6.45, 7) is 9.26. The maximum Gasteiger partial charge on any atom is 0.242 e. The molecule has 1 aromatic carbocycles. The molecule has 1 amide bonds. The van der Waals surface area contributed by atoms with E-state index in [4.69, 9.17) is 0 Å². The van der Waals surface area contributed by atoms with Crippen molar-refractivity contribution in [2.45, 2.75) is 39.0 Å². The molecule has 3 N–H and O–H groups in total. The minimum atomic E-state index is -0.262.